The van der Waals surface area contributed by atoms with Crippen molar-refractivity contribution in [2.75, 3.05) is 33.0 Å². The Morgan fingerprint density at radius 1 is 1.31 bits per heavy atom. The lowest BCUT2D eigenvalue weighted by Crippen LogP contribution is -2.45. The van der Waals surface area contributed by atoms with Crippen LogP contribution in [0.15, 0.2) is 23.2 Å². The molecule has 0 spiro atoms. The van der Waals surface area contributed by atoms with Crippen LogP contribution in [0.3, 0.4) is 0 Å². The van der Waals surface area contributed by atoms with Gasteiger partial charge in [0.25, 0.3) is 0 Å². The Morgan fingerprint density at radius 3 is 2.83 bits per heavy atom. The van der Waals surface area contributed by atoms with E-state index in [2.05, 4.69) is 29.7 Å². The van der Waals surface area contributed by atoms with Crippen molar-refractivity contribution in [3.63, 3.8) is 0 Å². The number of ether oxygens (including phenoxy) is 2. The summed E-state index contributed by atoms with van der Waals surface area (Å²) in [5.41, 5.74) is 1.37. The fourth-order valence-electron chi connectivity index (χ4n) is 4.10. The summed E-state index contributed by atoms with van der Waals surface area (Å²) >= 11 is 0. The molecule has 158 valence electrons. The van der Waals surface area contributed by atoms with Crippen molar-refractivity contribution in [3.05, 3.63) is 23.8 Å². The van der Waals surface area contributed by atoms with Gasteiger partial charge in [-0.15, -0.1) is 0 Å². The van der Waals surface area contributed by atoms with Gasteiger partial charge in [0.05, 0.1) is 6.54 Å². The molecule has 1 unspecified atom stereocenters. The summed E-state index contributed by atoms with van der Waals surface area (Å²) in [6.45, 7) is 9.40. The van der Waals surface area contributed by atoms with Gasteiger partial charge in [-0.25, -0.2) is 0 Å². The number of hydrogen-bond acceptors (Lipinski definition) is 4. The molecule has 1 saturated carbocycles. The third-order valence-electron chi connectivity index (χ3n) is 6.06. The second kappa shape index (κ2) is 8.13. The molecule has 0 radical (unpaired) electrons. The van der Waals surface area contributed by atoms with Gasteiger partial charge < -0.3 is 25.0 Å². The van der Waals surface area contributed by atoms with Crippen molar-refractivity contribution < 1.29 is 14.3 Å². The number of carbonyl (C=O) groups excluding carboxylic acids is 1. The van der Waals surface area contributed by atoms with Gasteiger partial charge in [0.15, 0.2) is 17.5 Å². The van der Waals surface area contributed by atoms with Gasteiger partial charge in [-0.3, -0.25) is 9.79 Å². The summed E-state index contributed by atoms with van der Waals surface area (Å²) in [7, 11) is 0. The van der Waals surface area contributed by atoms with E-state index in [1.54, 1.807) is 0 Å². The molecule has 4 rings (SSSR count). The predicted molar refractivity (Wildman–Crippen MR) is 112 cm³/mol. The molecule has 2 N–H and O–H groups in total. The molecule has 0 aromatic heterocycles. The molecule has 3 aliphatic rings. The molecule has 7 heteroatoms. The lowest BCUT2D eigenvalue weighted by molar-refractivity contribution is -0.133. The van der Waals surface area contributed by atoms with Gasteiger partial charge in [-0.2, -0.15) is 0 Å². The standard InChI is InChI=1S/C22H32N4O3/c1-4-23-21(25-17-7-10-26(12-17)20(27)15(2)3)24-13-22(8-9-22)16-5-6-18-19(11-16)29-14-28-18/h5-6,11,15,17H,4,7-10,12-14H2,1-3H3,(H2,23,24,25). The number of nitrogens with zero attached hydrogens (tertiary/aromatic N) is 2. The first-order valence-electron chi connectivity index (χ1n) is 10.7. The molecule has 1 saturated heterocycles. The van der Waals surface area contributed by atoms with Crippen LogP contribution in [-0.4, -0.2) is 55.8 Å². The number of benzene rings is 1. The van der Waals surface area contributed by atoms with E-state index in [0.717, 1.165) is 62.9 Å². The monoisotopic (exact) mass is 400 g/mol. The molecule has 1 aliphatic carbocycles. The minimum Gasteiger partial charge on any atom is -0.454 e. The molecular formula is C22H32N4O3. The maximum atomic E-state index is 12.2. The Hall–Kier alpha value is -2.44. The quantitative estimate of drug-likeness (QED) is 0.566. The average Bonchev–Trinajstić information content (AvgIpc) is 3.12. The Balaban J connectivity index is 1.39. The molecule has 2 fully saturated rings. The second-order valence-electron chi connectivity index (χ2n) is 8.61. The minimum atomic E-state index is 0.0482. The van der Waals surface area contributed by atoms with E-state index >= 15 is 0 Å². The Kier molecular flexibility index (Phi) is 5.56. The van der Waals surface area contributed by atoms with Gasteiger partial charge in [0, 0.05) is 37.0 Å². The smallest absolute Gasteiger partial charge is 0.231 e. The number of fused-ring (bicyclic) bond motifs is 1. The largest absolute Gasteiger partial charge is 0.454 e. The number of amides is 1. The van der Waals surface area contributed by atoms with E-state index in [-0.39, 0.29) is 23.3 Å². The average molecular weight is 401 g/mol. The van der Waals surface area contributed by atoms with Crippen molar-refractivity contribution >= 4 is 11.9 Å². The molecule has 7 nitrogen and oxygen atoms in total. The first-order chi connectivity index (χ1) is 14.0. The van der Waals surface area contributed by atoms with E-state index in [9.17, 15) is 4.79 Å². The predicted octanol–water partition coefficient (Wildman–Crippen LogP) is 2.26. The highest BCUT2D eigenvalue weighted by Gasteiger charge is 2.45. The number of guanidine groups is 1. The first kappa shape index (κ1) is 19.9. The number of aliphatic imine (C=N–C) groups is 1. The summed E-state index contributed by atoms with van der Waals surface area (Å²) in [5, 5.41) is 6.90. The lowest BCUT2D eigenvalue weighted by Gasteiger charge is -2.21. The zero-order valence-electron chi connectivity index (χ0n) is 17.7. The van der Waals surface area contributed by atoms with Crippen molar-refractivity contribution in [1.29, 1.82) is 0 Å². The molecule has 1 amide bonds. The van der Waals surface area contributed by atoms with Crippen molar-refractivity contribution in [3.8, 4) is 11.5 Å². The molecule has 0 bridgehead atoms. The third-order valence-corrected chi connectivity index (χ3v) is 6.06. The van der Waals surface area contributed by atoms with Crippen LogP contribution >= 0.6 is 0 Å². The van der Waals surface area contributed by atoms with Gasteiger partial charge in [0.1, 0.15) is 0 Å². The van der Waals surface area contributed by atoms with E-state index in [0.29, 0.717) is 6.79 Å². The molecule has 1 aromatic carbocycles. The molecule has 2 heterocycles. The minimum absolute atomic E-state index is 0.0482. The summed E-state index contributed by atoms with van der Waals surface area (Å²) in [5.74, 6) is 2.78. The maximum Gasteiger partial charge on any atom is 0.231 e. The Bertz CT molecular complexity index is 788. The lowest BCUT2D eigenvalue weighted by atomic mass is 9.96. The van der Waals surface area contributed by atoms with E-state index in [1.165, 1.54) is 5.56 Å². The SMILES string of the molecule is CCNC(=NCC1(c2ccc3c(c2)OCO3)CC1)NC1CCN(C(=O)C(C)C)C1. The van der Waals surface area contributed by atoms with Gasteiger partial charge >= 0.3 is 0 Å². The number of rotatable bonds is 6. The van der Waals surface area contributed by atoms with Gasteiger partial charge in [-0.1, -0.05) is 19.9 Å². The molecular weight excluding hydrogens is 368 g/mol. The Morgan fingerprint density at radius 2 is 2.10 bits per heavy atom. The molecule has 1 atom stereocenters. The van der Waals surface area contributed by atoms with Crippen LogP contribution < -0.4 is 20.1 Å². The van der Waals surface area contributed by atoms with Gasteiger partial charge in [0.2, 0.25) is 12.7 Å². The summed E-state index contributed by atoms with van der Waals surface area (Å²) in [6, 6.07) is 6.50. The van der Waals surface area contributed by atoms with Crippen LogP contribution in [0.5, 0.6) is 11.5 Å². The number of nitrogens with one attached hydrogen (secondary N) is 2. The van der Waals surface area contributed by atoms with Crippen LogP contribution in [0, 0.1) is 5.92 Å². The normalized spacial score (nSPS) is 22.1. The van der Waals surface area contributed by atoms with Crippen LogP contribution in [-0.2, 0) is 10.2 Å². The van der Waals surface area contributed by atoms with Crippen LogP contribution in [0.25, 0.3) is 0 Å². The Labute approximate surface area is 172 Å². The van der Waals surface area contributed by atoms with Crippen molar-refractivity contribution in [2.24, 2.45) is 10.9 Å². The van der Waals surface area contributed by atoms with E-state index in [1.807, 2.05) is 24.8 Å². The van der Waals surface area contributed by atoms with Crippen LogP contribution in [0.1, 0.15) is 45.6 Å². The van der Waals surface area contributed by atoms with Crippen LogP contribution in [0.2, 0.25) is 0 Å². The number of carbonyl (C=O) groups is 1. The van der Waals surface area contributed by atoms with E-state index in [4.69, 9.17) is 14.5 Å². The molecule has 1 aromatic rings. The van der Waals surface area contributed by atoms with Gasteiger partial charge in [-0.05, 0) is 43.9 Å². The topological polar surface area (TPSA) is 75.2 Å². The summed E-state index contributed by atoms with van der Waals surface area (Å²) < 4.78 is 11.0. The fraction of sp³-hybridized carbons (Fsp3) is 0.636. The zero-order valence-corrected chi connectivity index (χ0v) is 17.7. The highest BCUT2D eigenvalue weighted by molar-refractivity contribution is 5.81. The third kappa shape index (κ3) is 4.28. The number of hydrogen-bond donors (Lipinski definition) is 2. The van der Waals surface area contributed by atoms with E-state index < -0.39 is 0 Å². The van der Waals surface area contributed by atoms with Crippen molar-refractivity contribution in [2.45, 2.75) is 51.5 Å². The number of likely N-dealkylation sites (tertiary alicyclic amines) is 1. The van der Waals surface area contributed by atoms with Crippen LogP contribution in [0.4, 0.5) is 0 Å². The first-order valence-corrected chi connectivity index (χ1v) is 10.7. The van der Waals surface area contributed by atoms with Crippen molar-refractivity contribution in [1.82, 2.24) is 15.5 Å². The summed E-state index contributed by atoms with van der Waals surface area (Å²) in [6.07, 6.45) is 3.22. The maximum absolute atomic E-state index is 12.2. The second-order valence-corrected chi connectivity index (χ2v) is 8.61. The highest BCUT2D eigenvalue weighted by Crippen LogP contribution is 2.50. The highest BCUT2D eigenvalue weighted by atomic mass is 16.7. The molecule has 2 aliphatic heterocycles. The zero-order chi connectivity index (χ0) is 20.4. The fourth-order valence-corrected chi connectivity index (χ4v) is 4.10. The summed E-state index contributed by atoms with van der Waals surface area (Å²) in [4.78, 5) is 19.1. The molecule has 29 heavy (non-hydrogen) atoms.